The van der Waals surface area contributed by atoms with Crippen molar-refractivity contribution in [2.45, 2.75) is 32.5 Å². The van der Waals surface area contributed by atoms with Crippen molar-refractivity contribution in [1.29, 1.82) is 0 Å². The van der Waals surface area contributed by atoms with E-state index in [0.29, 0.717) is 17.5 Å². The summed E-state index contributed by atoms with van der Waals surface area (Å²) in [5.41, 5.74) is -0.585. The molecule has 1 aromatic heterocycles. The van der Waals surface area contributed by atoms with E-state index in [1.165, 1.54) is 23.5 Å². The third kappa shape index (κ3) is 4.25. The second-order valence-corrected chi connectivity index (χ2v) is 5.97. The predicted octanol–water partition coefficient (Wildman–Crippen LogP) is 3.76. The quantitative estimate of drug-likeness (QED) is 0.913. The van der Waals surface area contributed by atoms with Crippen molar-refractivity contribution in [3.8, 4) is 10.6 Å². The van der Waals surface area contributed by atoms with Crippen molar-refractivity contribution < 1.29 is 13.2 Å². The summed E-state index contributed by atoms with van der Waals surface area (Å²) in [6, 6.07) is 5.81. The number of rotatable bonds is 5. The number of alkyl halides is 3. The summed E-state index contributed by atoms with van der Waals surface area (Å²) < 4.78 is 38.9. The Bertz CT molecular complexity index is 593. The molecule has 0 aliphatic heterocycles. The van der Waals surface area contributed by atoms with Crippen LogP contribution in [-0.2, 0) is 12.6 Å². The Labute approximate surface area is 125 Å². The Morgan fingerprint density at radius 2 is 1.90 bits per heavy atom. The van der Waals surface area contributed by atoms with E-state index in [0.717, 1.165) is 17.6 Å². The maximum atomic E-state index is 13.0. The average molecular weight is 315 g/mol. The first-order valence-corrected chi connectivity index (χ1v) is 7.42. The van der Waals surface area contributed by atoms with Gasteiger partial charge in [0.25, 0.3) is 0 Å². The van der Waals surface area contributed by atoms with Gasteiger partial charge in [-0.15, -0.1) is 10.2 Å². The molecule has 3 nitrogen and oxygen atoms in total. The highest BCUT2D eigenvalue weighted by molar-refractivity contribution is 7.14. The minimum absolute atomic E-state index is 0.0885. The van der Waals surface area contributed by atoms with E-state index in [-0.39, 0.29) is 5.56 Å². The largest absolute Gasteiger partial charge is 0.417 e. The maximum Gasteiger partial charge on any atom is 0.417 e. The summed E-state index contributed by atoms with van der Waals surface area (Å²) in [7, 11) is 0. The van der Waals surface area contributed by atoms with E-state index >= 15 is 0 Å². The Morgan fingerprint density at radius 1 is 1.19 bits per heavy atom. The topological polar surface area (TPSA) is 37.8 Å². The van der Waals surface area contributed by atoms with Gasteiger partial charge in [0.2, 0.25) is 0 Å². The van der Waals surface area contributed by atoms with E-state index < -0.39 is 11.7 Å². The highest BCUT2D eigenvalue weighted by Gasteiger charge is 2.34. The van der Waals surface area contributed by atoms with Crippen LogP contribution >= 0.6 is 11.3 Å². The van der Waals surface area contributed by atoms with E-state index in [1.807, 2.05) is 13.8 Å². The van der Waals surface area contributed by atoms with Crippen LogP contribution in [0.1, 0.15) is 24.4 Å². The number of hydrogen-bond donors (Lipinski definition) is 1. The lowest BCUT2D eigenvalue weighted by Gasteiger charge is -2.09. The van der Waals surface area contributed by atoms with Crippen molar-refractivity contribution >= 4 is 11.3 Å². The van der Waals surface area contributed by atoms with Crippen LogP contribution in [0.2, 0.25) is 0 Å². The van der Waals surface area contributed by atoms with Gasteiger partial charge in [-0.25, -0.2) is 0 Å². The molecule has 2 rings (SSSR count). The molecule has 1 heterocycles. The van der Waals surface area contributed by atoms with Gasteiger partial charge in [-0.3, -0.25) is 0 Å². The number of benzene rings is 1. The molecule has 0 spiro atoms. The zero-order chi connectivity index (χ0) is 15.5. The fourth-order valence-electron chi connectivity index (χ4n) is 1.85. The Morgan fingerprint density at radius 3 is 2.57 bits per heavy atom. The second-order valence-electron chi connectivity index (χ2n) is 4.90. The molecule has 0 amide bonds. The highest BCUT2D eigenvalue weighted by atomic mass is 32.1. The van der Waals surface area contributed by atoms with Crippen molar-refractivity contribution in [1.82, 2.24) is 15.5 Å². The summed E-state index contributed by atoms with van der Waals surface area (Å²) in [5, 5.41) is 12.1. The van der Waals surface area contributed by atoms with Gasteiger partial charge in [0.05, 0.1) is 5.56 Å². The molecular weight excluding hydrogens is 299 g/mol. The van der Waals surface area contributed by atoms with Crippen LogP contribution in [-0.4, -0.2) is 22.8 Å². The molecule has 0 saturated carbocycles. The SMILES string of the molecule is CC(C)NCCc1nnc(-c2ccccc2C(F)(F)F)s1. The molecule has 0 aliphatic carbocycles. The van der Waals surface area contributed by atoms with Crippen LogP contribution in [0.5, 0.6) is 0 Å². The lowest BCUT2D eigenvalue weighted by molar-refractivity contribution is -0.137. The number of halogens is 3. The summed E-state index contributed by atoms with van der Waals surface area (Å²) >= 11 is 1.21. The van der Waals surface area contributed by atoms with Gasteiger partial charge < -0.3 is 5.32 Å². The maximum absolute atomic E-state index is 13.0. The zero-order valence-electron chi connectivity index (χ0n) is 11.7. The number of aromatic nitrogens is 2. The minimum atomic E-state index is -4.39. The first-order valence-electron chi connectivity index (χ1n) is 6.60. The summed E-state index contributed by atoms with van der Waals surface area (Å²) in [6.07, 6.45) is -3.73. The fraction of sp³-hybridized carbons (Fsp3) is 0.429. The Kier molecular flexibility index (Phi) is 4.95. The molecule has 21 heavy (non-hydrogen) atoms. The molecule has 1 N–H and O–H groups in total. The first-order chi connectivity index (χ1) is 9.88. The second kappa shape index (κ2) is 6.53. The molecule has 0 aliphatic rings. The summed E-state index contributed by atoms with van der Waals surface area (Å²) in [4.78, 5) is 0. The first kappa shape index (κ1) is 15.9. The van der Waals surface area contributed by atoms with Crippen LogP contribution in [0, 0.1) is 0 Å². The van der Waals surface area contributed by atoms with Gasteiger partial charge in [0.15, 0.2) is 0 Å². The van der Waals surface area contributed by atoms with Crippen molar-refractivity contribution in [2.24, 2.45) is 0 Å². The molecule has 0 unspecified atom stereocenters. The summed E-state index contributed by atoms with van der Waals surface area (Å²) in [5.74, 6) is 0. The van der Waals surface area contributed by atoms with Crippen molar-refractivity contribution in [2.75, 3.05) is 6.54 Å². The Hall–Kier alpha value is -1.47. The molecule has 7 heteroatoms. The number of nitrogens with zero attached hydrogens (tertiary/aromatic N) is 2. The van der Waals surface area contributed by atoms with E-state index in [4.69, 9.17) is 0 Å². The molecule has 2 aromatic rings. The van der Waals surface area contributed by atoms with Crippen LogP contribution in [0.15, 0.2) is 24.3 Å². The van der Waals surface area contributed by atoms with E-state index in [9.17, 15) is 13.2 Å². The molecular formula is C14H16F3N3S. The van der Waals surface area contributed by atoms with Gasteiger partial charge in [-0.05, 0) is 6.07 Å². The molecule has 0 radical (unpaired) electrons. The van der Waals surface area contributed by atoms with Crippen molar-refractivity contribution in [3.05, 3.63) is 34.8 Å². The molecule has 114 valence electrons. The van der Waals surface area contributed by atoms with Crippen molar-refractivity contribution in [3.63, 3.8) is 0 Å². The van der Waals surface area contributed by atoms with Crippen LogP contribution < -0.4 is 5.32 Å². The van der Waals surface area contributed by atoms with Gasteiger partial charge in [-0.1, -0.05) is 43.4 Å². The molecule has 1 aromatic carbocycles. The predicted molar refractivity (Wildman–Crippen MR) is 77.2 cm³/mol. The lowest BCUT2D eigenvalue weighted by Crippen LogP contribution is -2.24. The number of nitrogens with one attached hydrogen (secondary N) is 1. The minimum Gasteiger partial charge on any atom is -0.314 e. The smallest absolute Gasteiger partial charge is 0.314 e. The van der Waals surface area contributed by atoms with Crippen LogP contribution in [0.4, 0.5) is 13.2 Å². The monoisotopic (exact) mass is 315 g/mol. The van der Waals surface area contributed by atoms with E-state index in [2.05, 4.69) is 15.5 Å². The zero-order valence-corrected chi connectivity index (χ0v) is 12.6. The van der Waals surface area contributed by atoms with Gasteiger partial charge in [-0.2, -0.15) is 13.2 Å². The Balaban J connectivity index is 2.18. The van der Waals surface area contributed by atoms with E-state index in [1.54, 1.807) is 6.07 Å². The third-order valence-corrected chi connectivity index (χ3v) is 3.84. The average Bonchev–Trinajstić information content (AvgIpc) is 2.86. The number of hydrogen-bond acceptors (Lipinski definition) is 4. The fourth-order valence-corrected chi connectivity index (χ4v) is 2.73. The van der Waals surface area contributed by atoms with Gasteiger partial charge in [0.1, 0.15) is 10.0 Å². The summed E-state index contributed by atoms with van der Waals surface area (Å²) in [6.45, 7) is 4.80. The van der Waals surface area contributed by atoms with Crippen LogP contribution in [0.3, 0.4) is 0 Å². The standard InChI is InChI=1S/C14H16F3N3S/c1-9(2)18-8-7-12-19-20-13(21-12)10-5-3-4-6-11(10)14(15,16)17/h3-6,9,18H,7-8H2,1-2H3. The van der Waals surface area contributed by atoms with Gasteiger partial charge >= 0.3 is 6.18 Å². The molecule has 0 atom stereocenters. The van der Waals surface area contributed by atoms with Gasteiger partial charge in [0, 0.05) is 24.6 Å². The highest BCUT2D eigenvalue weighted by Crippen LogP contribution is 2.37. The van der Waals surface area contributed by atoms with Crippen LogP contribution in [0.25, 0.3) is 10.6 Å². The lowest BCUT2D eigenvalue weighted by atomic mass is 10.1. The molecule has 0 bridgehead atoms. The molecule has 0 fully saturated rings. The molecule has 0 saturated heterocycles. The third-order valence-electron chi connectivity index (χ3n) is 2.82. The normalized spacial score (nSPS) is 12.1.